The highest BCUT2D eigenvalue weighted by molar-refractivity contribution is 7.89. The Balaban J connectivity index is 3.22. The zero-order valence-electron chi connectivity index (χ0n) is 12.1. The molecule has 0 amide bonds. The van der Waals surface area contributed by atoms with Crippen LogP contribution in [0, 0.1) is 10.1 Å². The molecule has 2 N–H and O–H groups in total. The molecule has 118 valence electrons. The van der Waals surface area contributed by atoms with Gasteiger partial charge in [0.15, 0.2) is 4.90 Å². The van der Waals surface area contributed by atoms with Crippen molar-refractivity contribution in [3.05, 3.63) is 28.3 Å². The second-order valence-electron chi connectivity index (χ2n) is 4.34. The number of methoxy groups -OCH3 is 1. The molecule has 21 heavy (non-hydrogen) atoms. The van der Waals surface area contributed by atoms with Crippen molar-refractivity contribution < 1.29 is 18.1 Å². The minimum atomic E-state index is -3.99. The molecular weight excluding hydrogens is 298 g/mol. The van der Waals surface area contributed by atoms with Crippen molar-refractivity contribution in [3.63, 3.8) is 0 Å². The van der Waals surface area contributed by atoms with Crippen molar-refractivity contribution in [1.29, 1.82) is 0 Å². The van der Waals surface area contributed by atoms with E-state index in [1.807, 2.05) is 0 Å². The van der Waals surface area contributed by atoms with E-state index in [4.69, 9.17) is 4.74 Å². The van der Waals surface area contributed by atoms with E-state index in [0.29, 0.717) is 6.54 Å². The van der Waals surface area contributed by atoms with Crippen LogP contribution < -0.4 is 10.0 Å². The summed E-state index contributed by atoms with van der Waals surface area (Å²) in [6.07, 6.45) is -0.337. The minimum absolute atomic E-state index is 0.0292. The maximum atomic E-state index is 12.2. The summed E-state index contributed by atoms with van der Waals surface area (Å²) in [6.45, 7) is 3.93. The van der Waals surface area contributed by atoms with Crippen LogP contribution >= 0.6 is 0 Å². The summed E-state index contributed by atoms with van der Waals surface area (Å²) < 4.78 is 31.7. The normalized spacial score (nSPS) is 12.9. The van der Waals surface area contributed by atoms with E-state index in [1.54, 1.807) is 13.8 Å². The van der Waals surface area contributed by atoms with Crippen LogP contribution in [0.15, 0.2) is 23.1 Å². The predicted molar refractivity (Wildman–Crippen MR) is 78.9 cm³/mol. The van der Waals surface area contributed by atoms with Gasteiger partial charge in [0, 0.05) is 20.2 Å². The highest BCUT2D eigenvalue weighted by atomic mass is 32.2. The number of ether oxygens (including phenoxy) is 1. The molecule has 1 aromatic carbocycles. The average Bonchev–Trinajstić information content (AvgIpc) is 2.44. The third-order valence-corrected chi connectivity index (χ3v) is 4.26. The van der Waals surface area contributed by atoms with Crippen molar-refractivity contribution in [2.45, 2.75) is 24.8 Å². The molecule has 0 aliphatic rings. The van der Waals surface area contributed by atoms with Crippen LogP contribution in [0.5, 0.6) is 0 Å². The Morgan fingerprint density at radius 3 is 2.62 bits per heavy atom. The molecule has 0 bridgehead atoms. The fourth-order valence-corrected chi connectivity index (χ4v) is 2.96. The number of para-hydroxylation sites is 1. The third-order valence-electron chi connectivity index (χ3n) is 2.80. The first kappa shape index (κ1) is 17.3. The number of nitro groups is 1. The molecule has 9 heteroatoms. The SMILES string of the molecule is CCNc1cccc(S(=O)(=O)NCC(C)OC)c1[N+](=O)[O-]. The van der Waals surface area contributed by atoms with Crippen LogP contribution in [0.25, 0.3) is 0 Å². The van der Waals surface area contributed by atoms with Gasteiger partial charge in [-0.05, 0) is 26.0 Å². The fourth-order valence-electron chi connectivity index (χ4n) is 1.65. The summed E-state index contributed by atoms with van der Waals surface area (Å²) in [5, 5.41) is 14.0. The van der Waals surface area contributed by atoms with E-state index in [2.05, 4.69) is 10.0 Å². The molecule has 1 unspecified atom stereocenters. The Hall–Kier alpha value is -1.71. The number of nitrogens with zero attached hydrogens (tertiary/aromatic N) is 1. The highest BCUT2D eigenvalue weighted by Gasteiger charge is 2.28. The highest BCUT2D eigenvalue weighted by Crippen LogP contribution is 2.31. The maximum absolute atomic E-state index is 12.2. The van der Waals surface area contributed by atoms with Gasteiger partial charge in [-0.2, -0.15) is 0 Å². The number of nitrogens with one attached hydrogen (secondary N) is 2. The van der Waals surface area contributed by atoms with Crippen molar-refractivity contribution in [2.75, 3.05) is 25.5 Å². The third kappa shape index (κ3) is 4.38. The largest absolute Gasteiger partial charge is 0.380 e. The summed E-state index contributed by atoms with van der Waals surface area (Å²) >= 11 is 0. The lowest BCUT2D eigenvalue weighted by molar-refractivity contribution is -0.386. The van der Waals surface area contributed by atoms with Crippen LogP contribution in [-0.4, -0.2) is 39.6 Å². The number of hydrogen-bond acceptors (Lipinski definition) is 6. The monoisotopic (exact) mass is 317 g/mol. The summed E-state index contributed by atoms with van der Waals surface area (Å²) in [6, 6.07) is 4.14. The van der Waals surface area contributed by atoms with Gasteiger partial charge in [0.25, 0.3) is 0 Å². The van der Waals surface area contributed by atoms with Crippen molar-refractivity contribution >= 4 is 21.4 Å². The summed E-state index contributed by atoms with van der Waals surface area (Å²) in [5.41, 5.74) is -0.290. The number of rotatable bonds is 8. The molecule has 0 heterocycles. The zero-order valence-corrected chi connectivity index (χ0v) is 12.9. The number of anilines is 1. The lowest BCUT2D eigenvalue weighted by Gasteiger charge is -2.13. The van der Waals surface area contributed by atoms with Crippen LogP contribution in [-0.2, 0) is 14.8 Å². The van der Waals surface area contributed by atoms with Crippen molar-refractivity contribution in [1.82, 2.24) is 4.72 Å². The molecular formula is C12H19N3O5S. The van der Waals surface area contributed by atoms with Crippen molar-refractivity contribution in [3.8, 4) is 0 Å². The fraction of sp³-hybridized carbons (Fsp3) is 0.500. The van der Waals surface area contributed by atoms with Gasteiger partial charge >= 0.3 is 5.69 Å². The standard InChI is InChI=1S/C12H19N3O5S/c1-4-13-10-6-5-7-11(12(10)15(16)17)21(18,19)14-8-9(2)20-3/h5-7,9,13-14H,4,8H2,1-3H3. The second-order valence-corrected chi connectivity index (χ2v) is 6.07. The molecule has 8 nitrogen and oxygen atoms in total. The molecule has 0 spiro atoms. The lowest BCUT2D eigenvalue weighted by Crippen LogP contribution is -2.32. The summed E-state index contributed by atoms with van der Waals surface area (Å²) in [7, 11) is -2.54. The molecule has 0 saturated heterocycles. The predicted octanol–water partition coefficient (Wildman–Crippen LogP) is 1.34. The Labute approximate surface area is 123 Å². The van der Waals surface area contributed by atoms with E-state index in [-0.39, 0.29) is 23.2 Å². The van der Waals surface area contributed by atoms with E-state index in [9.17, 15) is 18.5 Å². The first-order valence-corrected chi connectivity index (χ1v) is 7.85. The van der Waals surface area contributed by atoms with Crippen LogP contribution in [0.1, 0.15) is 13.8 Å². The van der Waals surface area contributed by atoms with Crippen molar-refractivity contribution in [2.24, 2.45) is 0 Å². The lowest BCUT2D eigenvalue weighted by atomic mass is 10.2. The van der Waals surface area contributed by atoms with Gasteiger partial charge in [-0.1, -0.05) is 6.07 Å². The zero-order chi connectivity index (χ0) is 16.0. The molecule has 0 aliphatic heterocycles. The quantitative estimate of drug-likeness (QED) is 0.553. The smallest absolute Gasteiger partial charge is 0.312 e. The molecule has 0 saturated carbocycles. The van der Waals surface area contributed by atoms with Crippen LogP contribution in [0.3, 0.4) is 0 Å². The molecule has 0 aromatic heterocycles. The second kappa shape index (κ2) is 7.34. The molecule has 1 aromatic rings. The Morgan fingerprint density at radius 2 is 2.10 bits per heavy atom. The Kier molecular flexibility index (Phi) is 6.06. The summed E-state index contributed by atoms with van der Waals surface area (Å²) in [5.74, 6) is 0. The molecule has 1 rings (SSSR count). The Morgan fingerprint density at radius 1 is 1.43 bits per heavy atom. The van der Waals surface area contributed by atoms with Gasteiger partial charge in [-0.25, -0.2) is 13.1 Å². The molecule has 0 fully saturated rings. The number of nitro benzene ring substituents is 1. The van der Waals surface area contributed by atoms with Crippen LogP contribution in [0.2, 0.25) is 0 Å². The van der Waals surface area contributed by atoms with E-state index in [0.717, 1.165) is 0 Å². The Bertz CT molecular complexity index is 603. The van der Waals surface area contributed by atoms with Crippen LogP contribution in [0.4, 0.5) is 11.4 Å². The number of benzene rings is 1. The van der Waals surface area contributed by atoms with E-state index in [1.165, 1.54) is 25.3 Å². The van der Waals surface area contributed by atoms with Gasteiger partial charge in [0.05, 0.1) is 11.0 Å². The number of hydrogen-bond donors (Lipinski definition) is 2. The minimum Gasteiger partial charge on any atom is -0.380 e. The van der Waals surface area contributed by atoms with E-state index >= 15 is 0 Å². The molecule has 0 radical (unpaired) electrons. The summed E-state index contributed by atoms with van der Waals surface area (Å²) in [4.78, 5) is 10.1. The number of sulfonamides is 1. The van der Waals surface area contributed by atoms with Gasteiger partial charge in [-0.3, -0.25) is 10.1 Å². The van der Waals surface area contributed by atoms with Gasteiger partial charge < -0.3 is 10.1 Å². The maximum Gasteiger partial charge on any atom is 0.312 e. The first-order chi connectivity index (χ1) is 9.83. The molecule has 0 aliphatic carbocycles. The van der Waals surface area contributed by atoms with E-state index < -0.39 is 20.6 Å². The first-order valence-electron chi connectivity index (χ1n) is 6.37. The van der Waals surface area contributed by atoms with Gasteiger partial charge in [0.1, 0.15) is 5.69 Å². The molecule has 1 atom stereocenters. The van der Waals surface area contributed by atoms with Gasteiger partial charge in [0.2, 0.25) is 10.0 Å². The van der Waals surface area contributed by atoms with Gasteiger partial charge in [-0.15, -0.1) is 0 Å². The topological polar surface area (TPSA) is 111 Å². The average molecular weight is 317 g/mol.